The molecule has 2 aromatic rings. The van der Waals surface area contributed by atoms with Gasteiger partial charge in [0.05, 0.1) is 0 Å². The highest BCUT2D eigenvalue weighted by Crippen LogP contribution is 2.25. The van der Waals surface area contributed by atoms with E-state index in [0.29, 0.717) is 17.9 Å². The molecular formula is C17H24N6. The van der Waals surface area contributed by atoms with Gasteiger partial charge in [0, 0.05) is 30.8 Å². The Balaban J connectivity index is 1.93. The molecule has 3 heterocycles. The van der Waals surface area contributed by atoms with Crippen molar-refractivity contribution >= 4 is 11.9 Å². The van der Waals surface area contributed by atoms with Crippen LogP contribution < -0.4 is 10.2 Å². The van der Waals surface area contributed by atoms with Crippen molar-refractivity contribution < 1.29 is 0 Å². The summed E-state index contributed by atoms with van der Waals surface area (Å²) in [5.41, 5.74) is 2.28. The van der Waals surface area contributed by atoms with Crippen molar-refractivity contribution in [3.8, 4) is 0 Å². The summed E-state index contributed by atoms with van der Waals surface area (Å²) in [7, 11) is 0. The molecule has 0 amide bonds. The minimum atomic E-state index is 0.330. The van der Waals surface area contributed by atoms with Gasteiger partial charge < -0.3 is 5.32 Å². The third-order valence-electron chi connectivity index (χ3n) is 4.30. The second kappa shape index (κ2) is 7.46. The van der Waals surface area contributed by atoms with Gasteiger partial charge in [0.1, 0.15) is 0 Å². The third-order valence-corrected chi connectivity index (χ3v) is 4.30. The van der Waals surface area contributed by atoms with Gasteiger partial charge in [-0.25, -0.2) is 19.9 Å². The normalized spacial score (nSPS) is 15.6. The first-order valence-electron chi connectivity index (χ1n) is 8.43. The summed E-state index contributed by atoms with van der Waals surface area (Å²) < 4.78 is 0. The summed E-state index contributed by atoms with van der Waals surface area (Å²) in [6.45, 7) is 6.22. The number of aromatic nitrogens is 4. The van der Waals surface area contributed by atoms with Crippen LogP contribution in [0.15, 0.2) is 24.8 Å². The van der Waals surface area contributed by atoms with Crippen LogP contribution in [0.1, 0.15) is 37.8 Å². The van der Waals surface area contributed by atoms with E-state index < -0.39 is 0 Å². The van der Waals surface area contributed by atoms with Gasteiger partial charge in [-0.1, -0.05) is 13.8 Å². The molecule has 1 aliphatic heterocycles. The summed E-state index contributed by atoms with van der Waals surface area (Å²) in [4.78, 5) is 20.3. The van der Waals surface area contributed by atoms with Gasteiger partial charge >= 0.3 is 0 Å². The van der Waals surface area contributed by atoms with E-state index in [1.165, 1.54) is 0 Å². The zero-order valence-corrected chi connectivity index (χ0v) is 13.9. The Hall–Kier alpha value is -2.08. The predicted octanol–water partition coefficient (Wildman–Crippen LogP) is 2.28. The molecule has 0 aliphatic carbocycles. The highest BCUT2D eigenvalue weighted by molar-refractivity contribution is 5.49. The van der Waals surface area contributed by atoms with Crippen LogP contribution in [0.2, 0.25) is 0 Å². The molecule has 0 spiro atoms. The second-order valence-corrected chi connectivity index (χ2v) is 5.84. The number of nitrogens with zero attached hydrogens (tertiary/aromatic N) is 5. The second-order valence-electron chi connectivity index (χ2n) is 5.84. The maximum Gasteiger partial charge on any atom is 0.232 e. The molecule has 1 aliphatic rings. The molecule has 0 saturated carbocycles. The monoisotopic (exact) mass is 312 g/mol. The molecule has 1 fully saturated rings. The molecule has 3 rings (SSSR count). The van der Waals surface area contributed by atoms with Gasteiger partial charge in [0.2, 0.25) is 11.9 Å². The van der Waals surface area contributed by atoms with E-state index in [0.717, 1.165) is 49.9 Å². The van der Waals surface area contributed by atoms with Gasteiger partial charge in [-0.3, -0.25) is 4.90 Å². The van der Waals surface area contributed by atoms with Gasteiger partial charge in [-0.05, 0) is 49.9 Å². The first-order valence-corrected chi connectivity index (χ1v) is 8.43. The van der Waals surface area contributed by atoms with E-state index in [4.69, 9.17) is 0 Å². The maximum atomic E-state index is 4.56. The van der Waals surface area contributed by atoms with Gasteiger partial charge in [0.15, 0.2) is 0 Å². The number of piperidine rings is 1. The summed E-state index contributed by atoms with van der Waals surface area (Å²) in [5, 5.41) is 3.40. The maximum absolute atomic E-state index is 4.56. The van der Waals surface area contributed by atoms with E-state index in [9.17, 15) is 0 Å². The first kappa shape index (κ1) is 15.8. The van der Waals surface area contributed by atoms with Crippen molar-refractivity contribution in [2.24, 2.45) is 0 Å². The highest BCUT2D eigenvalue weighted by atomic mass is 15.3. The van der Waals surface area contributed by atoms with Crippen LogP contribution in [0.5, 0.6) is 0 Å². The topological polar surface area (TPSA) is 66.8 Å². The fraction of sp³-hybridized carbons (Fsp3) is 0.529. The Labute approximate surface area is 137 Å². The standard InChI is InChI=1S/C17H24N6/c1-3-13-9-19-16(20-10-13)23(15-5-7-18-8-6-15)17-21-11-14(4-2)12-22-17/h9-12,15,18H,3-8H2,1-2H3. The minimum Gasteiger partial charge on any atom is -0.317 e. The lowest BCUT2D eigenvalue weighted by atomic mass is 10.1. The summed E-state index contributed by atoms with van der Waals surface area (Å²) in [6, 6.07) is 0.330. The molecule has 1 saturated heterocycles. The Morgan fingerprint density at radius 2 is 1.30 bits per heavy atom. The summed E-state index contributed by atoms with van der Waals surface area (Å²) in [6.07, 6.45) is 11.6. The van der Waals surface area contributed by atoms with Gasteiger partial charge in [-0.15, -0.1) is 0 Å². The largest absolute Gasteiger partial charge is 0.317 e. The number of anilines is 2. The molecular weight excluding hydrogens is 288 g/mol. The minimum absolute atomic E-state index is 0.330. The van der Waals surface area contributed by atoms with Crippen LogP contribution >= 0.6 is 0 Å². The molecule has 6 heteroatoms. The number of rotatable bonds is 5. The van der Waals surface area contributed by atoms with Crippen molar-refractivity contribution in [1.29, 1.82) is 0 Å². The van der Waals surface area contributed by atoms with Gasteiger partial charge in [-0.2, -0.15) is 0 Å². The van der Waals surface area contributed by atoms with Crippen molar-refractivity contribution in [3.63, 3.8) is 0 Å². The fourth-order valence-corrected chi connectivity index (χ4v) is 2.79. The molecule has 2 aromatic heterocycles. The highest BCUT2D eigenvalue weighted by Gasteiger charge is 2.26. The van der Waals surface area contributed by atoms with Crippen LogP contribution in [-0.4, -0.2) is 39.1 Å². The lowest BCUT2D eigenvalue weighted by Gasteiger charge is -2.33. The van der Waals surface area contributed by atoms with E-state index in [1.54, 1.807) is 0 Å². The third kappa shape index (κ3) is 3.64. The van der Waals surface area contributed by atoms with Crippen LogP contribution in [0.4, 0.5) is 11.9 Å². The van der Waals surface area contributed by atoms with E-state index in [-0.39, 0.29) is 0 Å². The van der Waals surface area contributed by atoms with Crippen LogP contribution in [0.3, 0.4) is 0 Å². The first-order chi connectivity index (χ1) is 11.3. The molecule has 0 aromatic carbocycles. The van der Waals surface area contributed by atoms with E-state index in [2.05, 4.69) is 44.0 Å². The number of hydrogen-bond acceptors (Lipinski definition) is 6. The SMILES string of the molecule is CCc1cnc(N(c2ncc(CC)cn2)C2CCNCC2)nc1. The predicted molar refractivity (Wildman–Crippen MR) is 90.9 cm³/mol. The zero-order valence-electron chi connectivity index (χ0n) is 13.9. The Kier molecular flexibility index (Phi) is 5.12. The van der Waals surface area contributed by atoms with Crippen molar-refractivity contribution in [1.82, 2.24) is 25.3 Å². The van der Waals surface area contributed by atoms with Crippen molar-refractivity contribution in [2.45, 2.75) is 45.6 Å². The lowest BCUT2D eigenvalue weighted by Crippen LogP contribution is -2.42. The Morgan fingerprint density at radius 3 is 1.70 bits per heavy atom. The van der Waals surface area contributed by atoms with Gasteiger partial charge in [0.25, 0.3) is 0 Å². The fourth-order valence-electron chi connectivity index (χ4n) is 2.79. The Bertz CT molecular complexity index is 556. The molecule has 122 valence electrons. The number of nitrogens with one attached hydrogen (secondary N) is 1. The number of hydrogen-bond donors (Lipinski definition) is 1. The Morgan fingerprint density at radius 1 is 0.870 bits per heavy atom. The smallest absolute Gasteiger partial charge is 0.232 e. The molecule has 0 radical (unpaired) electrons. The summed E-state index contributed by atoms with van der Waals surface area (Å²) in [5.74, 6) is 1.39. The van der Waals surface area contributed by atoms with Crippen LogP contribution in [0, 0.1) is 0 Å². The van der Waals surface area contributed by atoms with Crippen LogP contribution in [-0.2, 0) is 12.8 Å². The van der Waals surface area contributed by atoms with E-state index in [1.807, 2.05) is 24.8 Å². The quantitative estimate of drug-likeness (QED) is 0.913. The van der Waals surface area contributed by atoms with Crippen molar-refractivity contribution in [2.75, 3.05) is 18.0 Å². The molecule has 23 heavy (non-hydrogen) atoms. The zero-order chi connectivity index (χ0) is 16.1. The molecule has 0 bridgehead atoms. The van der Waals surface area contributed by atoms with Crippen LogP contribution in [0.25, 0.3) is 0 Å². The summed E-state index contributed by atoms with van der Waals surface area (Å²) >= 11 is 0. The van der Waals surface area contributed by atoms with Crippen molar-refractivity contribution in [3.05, 3.63) is 35.9 Å². The van der Waals surface area contributed by atoms with E-state index >= 15 is 0 Å². The lowest BCUT2D eigenvalue weighted by molar-refractivity contribution is 0.445. The molecule has 1 N–H and O–H groups in total. The average Bonchev–Trinajstić information content (AvgIpc) is 2.64. The molecule has 6 nitrogen and oxygen atoms in total. The number of aryl methyl sites for hydroxylation is 2. The average molecular weight is 312 g/mol. The molecule has 0 atom stereocenters. The molecule has 0 unspecified atom stereocenters.